The van der Waals surface area contributed by atoms with Crippen LogP contribution >= 0.6 is 24.0 Å². The van der Waals surface area contributed by atoms with Crippen LogP contribution in [0.25, 0.3) is 0 Å². The maximum atomic E-state index is 5.49. The van der Waals surface area contributed by atoms with Crippen LogP contribution in [0.2, 0.25) is 0 Å². The second-order valence-corrected chi connectivity index (χ2v) is 7.59. The number of hydrogen-bond acceptors (Lipinski definition) is 4. The fourth-order valence-electron chi connectivity index (χ4n) is 3.95. The van der Waals surface area contributed by atoms with Crippen LogP contribution in [0.5, 0.6) is 0 Å². The van der Waals surface area contributed by atoms with Crippen molar-refractivity contribution in [3.63, 3.8) is 0 Å². The van der Waals surface area contributed by atoms with Gasteiger partial charge in [0.05, 0.1) is 13.2 Å². The van der Waals surface area contributed by atoms with Gasteiger partial charge in [-0.15, -0.1) is 24.0 Å². The van der Waals surface area contributed by atoms with E-state index in [1.165, 1.54) is 17.5 Å². The molecule has 3 rings (SSSR count). The number of morpholine rings is 1. The summed E-state index contributed by atoms with van der Waals surface area (Å²) in [5.74, 6) is 1.02. The van der Waals surface area contributed by atoms with Crippen molar-refractivity contribution < 1.29 is 4.74 Å². The largest absolute Gasteiger partial charge is 0.379 e. The van der Waals surface area contributed by atoms with Crippen LogP contribution in [0, 0.1) is 0 Å². The molecule has 0 amide bonds. The summed E-state index contributed by atoms with van der Waals surface area (Å²) in [4.78, 5) is 11.8. The first-order valence-corrected chi connectivity index (χ1v) is 10.2. The van der Waals surface area contributed by atoms with Gasteiger partial charge in [0.15, 0.2) is 5.96 Å². The summed E-state index contributed by atoms with van der Waals surface area (Å²) < 4.78 is 5.49. The van der Waals surface area contributed by atoms with Crippen molar-refractivity contribution in [2.75, 3.05) is 60.0 Å². The Morgan fingerprint density at radius 2 is 2.00 bits per heavy atom. The molecule has 0 bridgehead atoms. The number of benzene rings is 1. The van der Waals surface area contributed by atoms with E-state index in [-0.39, 0.29) is 24.0 Å². The third-order valence-electron chi connectivity index (χ3n) is 5.67. The van der Waals surface area contributed by atoms with Gasteiger partial charge >= 0.3 is 0 Å². The Labute approximate surface area is 187 Å². The van der Waals surface area contributed by atoms with Crippen molar-refractivity contribution in [2.24, 2.45) is 4.99 Å². The summed E-state index contributed by atoms with van der Waals surface area (Å²) in [6.45, 7) is 11.0. The van der Waals surface area contributed by atoms with Gasteiger partial charge in [-0.3, -0.25) is 9.89 Å². The quantitative estimate of drug-likeness (QED) is 0.368. The molecule has 2 saturated heterocycles. The average Bonchev–Trinajstić information content (AvgIpc) is 3.19. The topological polar surface area (TPSA) is 43.3 Å². The molecule has 1 unspecified atom stereocenters. The van der Waals surface area contributed by atoms with Crippen molar-refractivity contribution >= 4 is 29.9 Å². The van der Waals surface area contributed by atoms with Gasteiger partial charge in [0.1, 0.15) is 0 Å². The molecule has 158 valence electrons. The molecule has 1 N–H and O–H groups in total. The van der Waals surface area contributed by atoms with Gasteiger partial charge in [-0.25, -0.2) is 0 Å². The molecule has 0 spiro atoms. The minimum atomic E-state index is 0. The number of halogens is 1. The molecule has 1 aromatic carbocycles. The van der Waals surface area contributed by atoms with Gasteiger partial charge in [0.25, 0.3) is 0 Å². The number of likely N-dealkylation sites (tertiary alicyclic amines) is 1. The molecule has 2 aliphatic heterocycles. The van der Waals surface area contributed by atoms with E-state index >= 15 is 0 Å². The van der Waals surface area contributed by atoms with E-state index in [2.05, 4.69) is 63.2 Å². The molecular formula is C21H36IN5O. The van der Waals surface area contributed by atoms with Gasteiger partial charge in [0.2, 0.25) is 0 Å². The smallest absolute Gasteiger partial charge is 0.193 e. The summed E-state index contributed by atoms with van der Waals surface area (Å²) in [5.41, 5.74) is 2.67. The van der Waals surface area contributed by atoms with Crippen molar-refractivity contribution in [3.8, 4) is 0 Å². The molecule has 6 nitrogen and oxygen atoms in total. The van der Waals surface area contributed by atoms with Crippen LogP contribution in [-0.2, 0) is 17.8 Å². The second kappa shape index (κ2) is 11.9. The molecule has 0 saturated carbocycles. The fourth-order valence-corrected chi connectivity index (χ4v) is 3.95. The standard InChI is InChI=1S/C21H35N5O.HI/c1-4-24(3)16-19-7-5-6-18(14-19)15-23-21(22-2)26-9-8-20(17-26)25-10-12-27-13-11-25;/h5-7,14,20H,4,8-13,15-17H2,1-3H3,(H,22,23);1H. The highest BCUT2D eigenvalue weighted by atomic mass is 127. The third kappa shape index (κ3) is 6.57. The van der Waals surface area contributed by atoms with Gasteiger partial charge in [0, 0.05) is 52.4 Å². The van der Waals surface area contributed by atoms with Crippen LogP contribution in [0.4, 0.5) is 0 Å². The first-order valence-electron chi connectivity index (χ1n) is 10.2. The summed E-state index contributed by atoms with van der Waals surface area (Å²) in [6, 6.07) is 9.48. The Balaban J connectivity index is 0.00000280. The minimum absolute atomic E-state index is 0. The Kier molecular flexibility index (Phi) is 9.98. The Bertz CT molecular complexity index is 621. The Morgan fingerprint density at radius 3 is 2.71 bits per heavy atom. The van der Waals surface area contributed by atoms with E-state index < -0.39 is 0 Å². The SMILES string of the molecule is CCN(C)Cc1cccc(CNC(=NC)N2CCC(N3CCOCC3)C2)c1.I. The molecule has 2 heterocycles. The van der Waals surface area contributed by atoms with E-state index in [4.69, 9.17) is 4.74 Å². The lowest BCUT2D eigenvalue weighted by molar-refractivity contribution is 0.0195. The van der Waals surface area contributed by atoms with Gasteiger partial charge < -0.3 is 19.9 Å². The van der Waals surface area contributed by atoms with E-state index in [1.807, 2.05) is 7.05 Å². The number of rotatable bonds is 6. The molecule has 0 aliphatic carbocycles. The number of ether oxygens (including phenoxy) is 1. The molecular weight excluding hydrogens is 465 g/mol. The number of hydrogen-bond donors (Lipinski definition) is 1. The summed E-state index contributed by atoms with van der Waals surface area (Å²) in [5, 5.41) is 3.56. The van der Waals surface area contributed by atoms with E-state index in [0.29, 0.717) is 6.04 Å². The van der Waals surface area contributed by atoms with Crippen molar-refractivity contribution in [3.05, 3.63) is 35.4 Å². The summed E-state index contributed by atoms with van der Waals surface area (Å²) in [6.07, 6.45) is 1.21. The molecule has 0 radical (unpaired) electrons. The number of nitrogens with one attached hydrogen (secondary N) is 1. The maximum absolute atomic E-state index is 5.49. The molecule has 7 heteroatoms. The predicted molar refractivity (Wildman–Crippen MR) is 126 cm³/mol. The lowest BCUT2D eigenvalue weighted by Gasteiger charge is -2.32. The second-order valence-electron chi connectivity index (χ2n) is 7.59. The van der Waals surface area contributed by atoms with Crippen LogP contribution in [0.3, 0.4) is 0 Å². The Hall–Kier alpha value is -0.900. The fraction of sp³-hybridized carbons (Fsp3) is 0.667. The van der Waals surface area contributed by atoms with Gasteiger partial charge in [-0.05, 0) is 31.1 Å². The van der Waals surface area contributed by atoms with Crippen molar-refractivity contribution in [1.82, 2.24) is 20.0 Å². The molecule has 2 fully saturated rings. The Morgan fingerprint density at radius 1 is 1.25 bits per heavy atom. The van der Waals surface area contributed by atoms with E-state index in [1.54, 1.807) is 0 Å². The summed E-state index contributed by atoms with van der Waals surface area (Å²) in [7, 11) is 4.04. The minimum Gasteiger partial charge on any atom is -0.379 e. The molecule has 1 atom stereocenters. The van der Waals surface area contributed by atoms with E-state index in [0.717, 1.165) is 65.0 Å². The zero-order valence-corrected chi connectivity index (χ0v) is 19.9. The van der Waals surface area contributed by atoms with Gasteiger partial charge in [-0.2, -0.15) is 0 Å². The molecule has 28 heavy (non-hydrogen) atoms. The highest BCUT2D eigenvalue weighted by molar-refractivity contribution is 14.0. The monoisotopic (exact) mass is 501 g/mol. The normalized spacial score (nSPS) is 21.1. The highest BCUT2D eigenvalue weighted by Crippen LogP contribution is 2.17. The maximum Gasteiger partial charge on any atom is 0.193 e. The first-order chi connectivity index (χ1) is 13.2. The van der Waals surface area contributed by atoms with Gasteiger partial charge in [-0.1, -0.05) is 31.2 Å². The first kappa shape index (κ1) is 23.4. The van der Waals surface area contributed by atoms with Crippen LogP contribution in [0.1, 0.15) is 24.5 Å². The summed E-state index contributed by atoms with van der Waals surface area (Å²) >= 11 is 0. The number of nitrogens with zero attached hydrogens (tertiary/aromatic N) is 4. The molecule has 0 aromatic heterocycles. The van der Waals surface area contributed by atoms with Crippen LogP contribution in [-0.4, -0.2) is 86.7 Å². The number of aliphatic imine (C=N–C) groups is 1. The highest BCUT2D eigenvalue weighted by Gasteiger charge is 2.30. The van der Waals surface area contributed by atoms with Crippen LogP contribution in [0.15, 0.2) is 29.3 Å². The zero-order chi connectivity index (χ0) is 19.1. The number of guanidine groups is 1. The molecule has 2 aliphatic rings. The van der Waals surface area contributed by atoms with Crippen LogP contribution < -0.4 is 5.32 Å². The van der Waals surface area contributed by atoms with Crippen molar-refractivity contribution in [1.29, 1.82) is 0 Å². The average molecular weight is 501 g/mol. The third-order valence-corrected chi connectivity index (χ3v) is 5.67. The zero-order valence-electron chi connectivity index (χ0n) is 17.6. The lowest BCUT2D eigenvalue weighted by atomic mass is 10.1. The van der Waals surface area contributed by atoms with Crippen molar-refractivity contribution in [2.45, 2.75) is 32.5 Å². The molecule has 1 aromatic rings. The lowest BCUT2D eigenvalue weighted by Crippen LogP contribution is -2.46. The predicted octanol–water partition coefficient (Wildman–Crippen LogP) is 2.24. The van der Waals surface area contributed by atoms with E-state index in [9.17, 15) is 0 Å².